The van der Waals surface area contributed by atoms with Crippen molar-refractivity contribution in [1.29, 1.82) is 0 Å². The van der Waals surface area contributed by atoms with Gasteiger partial charge in [0.2, 0.25) is 6.41 Å². The smallest absolute Gasteiger partial charge is 0.281 e. The van der Waals surface area contributed by atoms with Crippen LogP contribution in [0.15, 0.2) is 53.4 Å². The molecule has 2 aromatic carbocycles. The molecule has 0 radical (unpaired) electrons. The average molecular weight is 390 g/mol. The van der Waals surface area contributed by atoms with Crippen molar-refractivity contribution in [2.24, 2.45) is 0 Å². The summed E-state index contributed by atoms with van der Waals surface area (Å²) in [5, 5.41) is 0. The van der Waals surface area contributed by atoms with Crippen molar-refractivity contribution in [3.05, 3.63) is 54.1 Å². The van der Waals surface area contributed by atoms with E-state index in [0.29, 0.717) is 24.5 Å². The lowest BCUT2D eigenvalue weighted by molar-refractivity contribution is -0.109. The van der Waals surface area contributed by atoms with Gasteiger partial charge in [-0.15, -0.1) is 0 Å². The van der Waals surface area contributed by atoms with Gasteiger partial charge in [0.1, 0.15) is 5.75 Å². The number of hydrazine groups is 1. The molecular weight excluding hydrogens is 368 g/mol. The molecule has 27 heavy (non-hydrogen) atoms. The number of anilines is 1. The number of rotatable bonds is 7. The highest BCUT2D eigenvalue weighted by Gasteiger charge is 2.25. The van der Waals surface area contributed by atoms with Gasteiger partial charge >= 0.3 is 0 Å². The Morgan fingerprint density at radius 1 is 1.11 bits per heavy atom. The summed E-state index contributed by atoms with van der Waals surface area (Å²) in [6.45, 7) is 2.54. The largest absolute Gasteiger partial charge is 0.465 e. The van der Waals surface area contributed by atoms with Gasteiger partial charge in [0.15, 0.2) is 6.29 Å². The van der Waals surface area contributed by atoms with Crippen molar-refractivity contribution in [3.8, 4) is 5.75 Å². The molecular formula is C19H22N2O5S. The lowest BCUT2D eigenvalue weighted by atomic mass is 10.2. The monoisotopic (exact) mass is 390 g/mol. The zero-order chi connectivity index (χ0) is 19.3. The van der Waals surface area contributed by atoms with Crippen LogP contribution in [0.1, 0.15) is 24.8 Å². The van der Waals surface area contributed by atoms with Crippen LogP contribution in [0.5, 0.6) is 5.75 Å². The molecule has 0 aliphatic carbocycles. The lowest BCUT2D eigenvalue weighted by Crippen LogP contribution is -2.42. The number of amides is 1. The molecule has 0 aromatic heterocycles. The van der Waals surface area contributed by atoms with E-state index in [2.05, 4.69) is 5.43 Å². The van der Waals surface area contributed by atoms with Crippen LogP contribution < -0.4 is 14.6 Å². The van der Waals surface area contributed by atoms with E-state index in [1.54, 1.807) is 36.4 Å². The number of carbonyl (C=O) groups is 1. The van der Waals surface area contributed by atoms with E-state index in [0.717, 1.165) is 29.2 Å². The van der Waals surface area contributed by atoms with Gasteiger partial charge in [-0.1, -0.05) is 17.7 Å². The molecule has 1 saturated heterocycles. The molecule has 0 saturated carbocycles. The zero-order valence-electron chi connectivity index (χ0n) is 15.0. The summed E-state index contributed by atoms with van der Waals surface area (Å²) in [4.78, 5) is 11.1. The van der Waals surface area contributed by atoms with Crippen LogP contribution in [0, 0.1) is 6.92 Å². The quantitative estimate of drug-likeness (QED) is 0.580. The Morgan fingerprint density at radius 2 is 1.81 bits per heavy atom. The second-order valence-corrected chi connectivity index (χ2v) is 8.02. The summed E-state index contributed by atoms with van der Waals surface area (Å²) < 4.78 is 37.9. The minimum atomic E-state index is -3.95. The number of hydrogen-bond donors (Lipinski definition) is 1. The number of hydrogen-bond acceptors (Lipinski definition) is 5. The summed E-state index contributed by atoms with van der Waals surface area (Å²) in [5.74, 6) is 0.574. The number of nitrogens with one attached hydrogen (secondary N) is 1. The summed E-state index contributed by atoms with van der Waals surface area (Å²) in [5.41, 5.74) is 3.48. The maximum atomic E-state index is 12.9. The number of ether oxygens (including phenoxy) is 2. The molecule has 0 bridgehead atoms. The Kier molecular flexibility index (Phi) is 5.98. The number of benzene rings is 2. The Bertz CT molecular complexity index is 860. The molecule has 2 aromatic rings. The zero-order valence-corrected chi connectivity index (χ0v) is 15.8. The van der Waals surface area contributed by atoms with Crippen LogP contribution in [-0.4, -0.2) is 27.7 Å². The maximum absolute atomic E-state index is 12.9. The van der Waals surface area contributed by atoms with Crippen molar-refractivity contribution in [2.75, 3.05) is 11.0 Å². The first kappa shape index (κ1) is 19.2. The molecule has 8 heteroatoms. The highest BCUT2D eigenvalue weighted by Crippen LogP contribution is 2.26. The predicted octanol–water partition coefficient (Wildman–Crippen LogP) is 2.76. The van der Waals surface area contributed by atoms with E-state index in [4.69, 9.17) is 9.47 Å². The van der Waals surface area contributed by atoms with Gasteiger partial charge in [-0.05, 0) is 56.2 Å². The normalized spacial score (nSPS) is 17.1. The Morgan fingerprint density at radius 3 is 2.41 bits per heavy atom. The highest BCUT2D eigenvalue weighted by atomic mass is 32.2. The summed E-state index contributed by atoms with van der Waals surface area (Å²) in [7, 11) is -3.95. The maximum Gasteiger partial charge on any atom is 0.281 e. The second kappa shape index (κ2) is 8.41. The van der Waals surface area contributed by atoms with Gasteiger partial charge < -0.3 is 9.47 Å². The van der Waals surface area contributed by atoms with Gasteiger partial charge in [0.05, 0.1) is 17.2 Å². The standard InChI is InChI=1S/C19H22N2O5S/c1-15-5-11-18(12-6-15)27(23,24)21(20-14-22)16-7-9-17(10-8-16)26-19-4-2-3-13-25-19/h5-12,14,19H,2-4,13H2,1H3,(H,20,22). The minimum absolute atomic E-state index is 0.0818. The average Bonchev–Trinajstić information content (AvgIpc) is 2.68. The summed E-state index contributed by atoms with van der Waals surface area (Å²) >= 11 is 0. The summed E-state index contributed by atoms with van der Waals surface area (Å²) in [6.07, 6.45) is 2.94. The molecule has 1 aliphatic heterocycles. The molecule has 1 unspecified atom stereocenters. The topological polar surface area (TPSA) is 84.9 Å². The van der Waals surface area contributed by atoms with Gasteiger partial charge in [-0.25, -0.2) is 0 Å². The third kappa shape index (κ3) is 4.58. The van der Waals surface area contributed by atoms with E-state index in [-0.39, 0.29) is 11.2 Å². The third-order valence-corrected chi connectivity index (χ3v) is 5.87. The highest BCUT2D eigenvalue weighted by molar-refractivity contribution is 7.92. The molecule has 1 N–H and O–H groups in total. The van der Waals surface area contributed by atoms with Crippen molar-refractivity contribution < 1.29 is 22.7 Å². The number of aryl methyl sites for hydroxylation is 1. The lowest BCUT2D eigenvalue weighted by Gasteiger charge is -2.25. The molecule has 1 amide bonds. The summed E-state index contributed by atoms with van der Waals surface area (Å²) in [6, 6.07) is 12.8. The van der Waals surface area contributed by atoms with Gasteiger partial charge in [0, 0.05) is 6.42 Å². The van der Waals surface area contributed by atoms with Crippen molar-refractivity contribution in [1.82, 2.24) is 5.43 Å². The van der Waals surface area contributed by atoms with Gasteiger partial charge in [-0.2, -0.15) is 12.8 Å². The molecule has 3 rings (SSSR count). The molecule has 1 heterocycles. The van der Waals surface area contributed by atoms with Gasteiger partial charge in [-0.3, -0.25) is 10.2 Å². The van der Waals surface area contributed by atoms with E-state index in [1.807, 2.05) is 6.92 Å². The van der Waals surface area contributed by atoms with Crippen LogP contribution in [-0.2, 0) is 19.6 Å². The molecule has 144 valence electrons. The van der Waals surface area contributed by atoms with Crippen LogP contribution in [0.3, 0.4) is 0 Å². The first-order chi connectivity index (χ1) is 13.0. The Hall–Kier alpha value is -2.58. The first-order valence-electron chi connectivity index (χ1n) is 8.71. The fourth-order valence-corrected chi connectivity index (χ4v) is 4.03. The Balaban J connectivity index is 1.81. The molecule has 0 spiro atoms. The molecule has 1 aliphatic rings. The predicted molar refractivity (Wildman–Crippen MR) is 101 cm³/mol. The van der Waals surface area contributed by atoms with E-state index >= 15 is 0 Å². The van der Waals surface area contributed by atoms with Gasteiger partial charge in [0.25, 0.3) is 10.0 Å². The van der Waals surface area contributed by atoms with E-state index in [9.17, 15) is 13.2 Å². The van der Waals surface area contributed by atoms with Crippen LogP contribution in [0.2, 0.25) is 0 Å². The fourth-order valence-electron chi connectivity index (χ4n) is 2.76. The first-order valence-corrected chi connectivity index (χ1v) is 10.1. The molecule has 7 nitrogen and oxygen atoms in total. The second-order valence-electron chi connectivity index (χ2n) is 6.24. The SMILES string of the molecule is Cc1ccc(S(=O)(=O)N(NC=O)c2ccc(OC3CCCCO3)cc2)cc1. The van der Waals surface area contributed by atoms with Crippen molar-refractivity contribution in [2.45, 2.75) is 37.4 Å². The Labute approximate surface area is 158 Å². The fraction of sp³-hybridized carbons (Fsp3) is 0.316. The molecule has 1 atom stereocenters. The van der Waals surface area contributed by atoms with E-state index in [1.165, 1.54) is 12.1 Å². The number of carbonyl (C=O) groups excluding carboxylic acids is 1. The minimum Gasteiger partial charge on any atom is -0.465 e. The van der Waals surface area contributed by atoms with Crippen LogP contribution >= 0.6 is 0 Å². The third-order valence-electron chi connectivity index (χ3n) is 4.21. The van der Waals surface area contributed by atoms with Crippen molar-refractivity contribution in [3.63, 3.8) is 0 Å². The molecule has 1 fully saturated rings. The van der Waals surface area contributed by atoms with E-state index < -0.39 is 10.0 Å². The number of nitrogens with zero attached hydrogens (tertiary/aromatic N) is 1. The number of sulfonamides is 1. The van der Waals surface area contributed by atoms with Crippen LogP contribution in [0.4, 0.5) is 5.69 Å². The van der Waals surface area contributed by atoms with Crippen LogP contribution in [0.25, 0.3) is 0 Å². The van der Waals surface area contributed by atoms with Crippen molar-refractivity contribution >= 4 is 22.1 Å².